The van der Waals surface area contributed by atoms with Crippen molar-refractivity contribution in [3.8, 4) is 0 Å². The largest absolute Gasteiger partial charge is 0.457 e. The Morgan fingerprint density at radius 1 is 1.11 bits per heavy atom. The van der Waals surface area contributed by atoms with Crippen molar-refractivity contribution in [2.24, 2.45) is 5.73 Å². The van der Waals surface area contributed by atoms with Gasteiger partial charge in [-0.15, -0.1) is 11.3 Å². The molecule has 2 aromatic carbocycles. The number of nitrogens with two attached hydrogens (primary N) is 1. The van der Waals surface area contributed by atoms with Gasteiger partial charge in [-0.3, -0.25) is 4.79 Å². The van der Waals surface area contributed by atoms with Crippen molar-refractivity contribution in [3.05, 3.63) is 64.7 Å². The average Bonchev–Trinajstić information content (AvgIpc) is 3.29. The van der Waals surface area contributed by atoms with E-state index in [9.17, 15) is 14.4 Å². The van der Waals surface area contributed by atoms with Gasteiger partial charge in [0.05, 0.1) is 21.8 Å². The minimum absolute atomic E-state index is 0.0492. The van der Waals surface area contributed by atoms with Crippen LogP contribution in [0.15, 0.2) is 42.5 Å². The molecular weight excluding hydrogens is 466 g/mol. The summed E-state index contributed by atoms with van der Waals surface area (Å²) in [6.07, 6.45) is 0.934. The number of benzene rings is 2. The van der Waals surface area contributed by atoms with E-state index < -0.39 is 29.5 Å². The van der Waals surface area contributed by atoms with Crippen LogP contribution in [0.5, 0.6) is 0 Å². The van der Waals surface area contributed by atoms with Gasteiger partial charge < -0.3 is 20.5 Å². The van der Waals surface area contributed by atoms with Crippen molar-refractivity contribution >= 4 is 39.4 Å². The van der Waals surface area contributed by atoms with Crippen molar-refractivity contribution in [1.82, 2.24) is 10.3 Å². The Morgan fingerprint density at radius 2 is 1.86 bits per heavy atom. The van der Waals surface area contributed by atoms with Gasteiger partial charge in [-0.1, -0.05) is 30.3 Å². The highest BCUT2D eigenvalue weighted by Gasteiger charge is 2.30. The molecule has 0 bridgehead atoms. The molecule has 1 atom stereocenters. The quantitative estimate of drug-likeness (QED) is 0.238. The van der Waals surface area contributed by atoms with Crippen LogP contribution in [0.4, 0.5) is 4.79 Å². The van der Waals surface area contributed by atoms with Gasteiger partial charge in [0.1, 0.15) is 12.2 Å². The Bertz CT molecular complexity index is 1170. The summed E-state index contributed by atoms with van der Waals surface area (Å²) in [6, 6.07) is 11.6. The maximum atomic E-state index is 13.7. The van der Waals surface area contributed by atoms with Gasteiger partial charge in [0.15, 0.2) is 11.3 Å². The SMILES string of the molecule is CC(C)(C)OC(=O)N[C@@H](CCCCN)C(=O)c1ccc2s[c]nc2c1C(=O)OCc1ccccc1. The Kier molecular flexibility index (Phi) is 8.95. The lowest BCUT2D eigenvalue weighted by Crippen LogP contribution is -2.44. The molecule has 9 heteroatoms. The molecule has 1 radical (unpaired) electrons. The van der Waals surface area contributed by atoms with E-state index in [1.54, 1.807) is 32.9 Å². The number of nitrogens with zero attached hydrogens (tertiary/aromatic N) is 1. The molecule has 0 unspecified atom stereocenters. The van der Waals surface area contributed by atoms with Crippen LogP contribution < -0.4 is 11.1 Å². The zero-order valence-electron chi connectivity index (χ0n) is 20.1. The van der Waals surface area contributed by atoms with Crippen LogP contribution in [0.25, 0.3) is 10.2 Å². The number of ketones is 1. The van der Waals surface area contributed by atoms with Crippen molar-refractivity contribution in [2.45, 2.75) is 58.3 Å². The Balaban J connectivity index is 1.91. The number of amides is 1. The van der Waals surface area contributed by atoms with E-state index in [-0.39, 0.29) is 17.7 Å². The van der Waals surface area contributed by atoms with Crippen molar-refractivity contribution in [1.29, 1.82) is 0 Å². The number of nitrogens with one attached hydrogen (secondary N) is 1. The Labute approximate surface area is 208 Å². The first-order valence-electron chi connectivity index (χ1n) is 11.4. The van der Waals surface area contributed by atoms with E-state index >= 15 is 0 Å². The third kappa shape index (κ3) is 7.34. The van der Waals surface area contributed by atoms with E-state index in [2.05, 4.69) is 15.8 Å². The number of Topliss-reactive ketones (excluding diaryl/α,β-unsaturated/α-hetero) is 1. The number of fused-ring (bicyclic) bond motifs is 1. The summed E-state index contributed by atoms with van der Waals surface area (Å²) >= 11 is 1.24. The van der Waals surface area contributed by atoms with Gasteiger partial charge in [0, 0.05) is 5.56 Å². The first-order chi connectivity index (χ1) is 16.7. The third-order valence-corrected chi connectivity index (χ3v) is 5.82. The molecule has 35 heavy (non-hydrogen) atoms. The van der Waals surface area contributed by atoms with Gasteiger partial charge in [0.2, 0.25) is 0 Å². The van der Waals surface area contributed by atoms with Gasteiger partial charge in [-0.25, -0.2) is 14.6 Å². The molecule has 0 saturated carbocycles. The lowest BCUT2D eigenvalue weighted by molar-refractivity contribution is 0.0471. The highest BCUT2D eigenvalue weighted by Crippen LogP contribution is 2.27. The van der Waals surface area contributed by atoms with Gasteiger partial charge in [-0.2, -0.15) is 0 Å². The van der Waals surface area contributed by atoms with E-state index in [4.69, 9.17) is 15.2 Å². The number of ether oxygens (including phenoxy) is 2. The third-order valence-electron chi connectivity index (χ3n) is 5.09. The molecule has 1 aromatic heterocycles. The Morgan fingerprint density at radius 3 is 2.54 bits per heavy atom. The highest BCUT2D eigenvalue weighted by atomic mass is 32.1. The van der Waals surface area contributed by atoms with Crippen molar-refractivity contribution < 1.29 is 23.9 Å². The lowest BCUT2D eigenvalue weighted by atomic mass is 9.95. The van der Waals surface area contributed by atoms with Crippen LogP contribution in [-0.2, 0) is 16.1 Å². The molecule has 0 aliphatic heterocycles. The molecule has 0 aliphatic rings. The number of hydrogen-bond donors (Lipinski definition) is 2. The first-order valence-corrected chi connectivity index (χ1v) is 12.3. The zero-order valence-corrected chi connectivity index (χ0v) is 20.9. The van der Waals surface area contributed by atoms with Gasteiger partial charge in [-0.05, 0) is 64.3 Å². The molecule has 3 N–H and O–H groups in total. The number of esters is 1. The summed E-state index contributed by atoms with van der Waals surface area (Å²) in [6.45, 7) is 5.74. The van der Waals surface area contributed by atoms with E-state index in [0.29, 0.717) is 36.0 Å². The molecular formula is C26H30N3O5S. The van der Waals surface area contributed by atoms with E-state index in [1.165, 1.54) is 11.3 Å². The summed E-state index contributed by atoms with van der Waals surface area (Å²) in [5.41, 5.74) is 9.01. The van der Waals surface area contributed by atoms with Gasteiger partial charge in [0.25, 0.3) is 0 Å². The number of hydrogen-bond acceptors (Lipinski definition) is 8. The lowest BCUT2D eigenvalue weighted by Gasteiger charge is -2.23. The summed E-state index contributed by atoms with van der Waals surface area (Å²) < 4.78 is 11.6. The summed E-state index contributed by atoms with van der Waals surface area (Å²) in [4.78, 5) is 43.5. The molecule has 3 aromatic rings. The zero-order chi connectivity index (χ0) is 25.4. The number of aromatic nitrogens is 1. The van der Waals surface area contributed by atoms with Gasteiger partial charge >= 0.3 is 12.1 Å². The van der Waals surface area contributed by atoms with E-state index in [1.807, 2.05) is 30.3 Å². The molecule has 3 rings (SSSR count). The van der Waals surface area contributed by atoms with Crippen LogP contribution in [0, 0.1) is 5.51 Å². The number of alkyl carbamates (subject to hydrolysis) is 1. The fourth-order valence-corrected chi connectivity index (χ4v) is 4.11. The van der Waals surface area contributed by atoms with Crippen LogP contribution >= 0.6 is 11.3 Å². The van der Waals surface area contributed by atoms with Crippen LogP contribution in [0.3, 0.4) is 0 Å². The smallest absolute Gasteiger partial charge is 0.408 e. The van der Waals surface area contributed by atoms with Crippen LogP contribution in [0.1, 0.15) is 66.3 Å². The van der Waals surface area contributed by atoms with E-state index in [0.717, 1.165) is 5.56 Å². The summed E-state index contributed by atoms with van der Waals surface area (Å²) in [5, 5.41) is 2.67. The van der Waals surface area contributed by atoms with Crippen molar-refractivity contribution in [3.63, 3.8) is 0 Å². The average molecular weight is 497 g/mol. The fraction of sp³-hybridized carbons (Fsp3) is 0.385. The monoisotopic (exact) mass is 496 g/mol. The van der Waals surface area contributed by atoms with Crippen molar-refractivity contribution in [2.75, 3.05) is 6.54 Å². The minimum atomic E-state index is -0.905. The predicted molar refractivity (Wildman–Crippen MR) is 134 cm³/mol. The molecule has 1 amide bonds. The number of carbonyl (C=O) groups is 3. The molecule has 0 saturated heterocycles. The second kappa shape index (κ2) is 11.9. The molecule has 0 spiro atoms. The predicted octanol–water partition coefficient (Wildman–Crippen LogP) is 4.66. The molecule has 0 aliphatic carbocycles. The maximum absolute atomic E-state index is 13.7. The topological polar surface area (TPSA) is 121 Å². The minimum Gasteiger partial charge on any atom is -0.457 e. The second-order valence-corrected chi connectivity index (χ2v) is 9.88. The maximum Gasteiger partial charge on any atom is 0.408 e. The van der Waals surface area contributed by atoms with Crippen LogP contribution in [-0.4, -0.2) is 41.0 Å². The molecule has 185 valence electrons. The summed E-state index contributed by atoms with van der Waals surface area (Å²) in [5.74, 6) is -1.09. The molecule has 1 heterocycles. The summed E-state index contributed by atoms with van der Waals surface area (Å²) in [7, 11) is 0. The molecule has 8 nitrogen and oxygen atoms in total. The number of unbranched alkanes of at least 4 members (excludes halogenated alkanes) is 1. The number of thiazole rings is 1. The second-order valence-electron chi connectivity index (χ2n) is 9.05. The number of carbonyl (C=O) groups excluding carboxylic acids is 3. The van der Waals surface area contributed by atoms with Crippen LogP contribution in [0.2, 0.25) is 0 Å². The fourth-order valence-electron chi connectivity index (χ4n) is 3.49. The first kappa shape index (κ1) is 26.3. The standard InChI is InChI=1S/C26H30N3O5S/c1-26(2,3)34-25(32)29-19(11-7-8-14-27)23(30)18-12-13-20-22(28-16-35-20)21(18)24(31)33-15-17-9-5-4-6-10-17/h4-6,9-10,12-13,19H,7-8,11,14-15,27H2,1-3H3,(H,29,32)/t19-/m0/s1. The highest BCUT2D eigenvalue weighted by molar-refractivity contribution is 7.16. The Hall–Kier alpha value is -3.30. The number of rotatable bonds is 10. The molecule has 0 fully saturated rings. The normalized spacial score (nSPS) is 12.2.